The molecule has 264 valence electrons. The number of hydrogen-bond donors (Lipinski definition) is 0. The summed E-state index contributed by atoms with van der Waals surface area (Å²) >= 11 is 0. The summed E-state index contributed by atoms with van der Waals surface area (Å²) in [6, 6.07) is 55.0. The zero-order valence-corrected chi connectivity index (χ0v) is 30.9. The molecule has 0 N–H and O–H groups in total. The lowest BCUT2D eigenvalue weighted by molar-refractivity contribution is 0.660. The van der Waals surface area contributed by atoms with Crippen molar-refractivity contribution in [3.63, 3.8) is 0 Å². The van der Waals surface area contributed by atoms with Gasteiger partial charge in [0.05, 0.1) is 21.9 Å². The second-order valence-corrected chi connectivity index (χ2v) is 15.0. The van der Waals surface area contributed by atoms with Gasteiger partial charge < -0.3 is 0 Å². The molecule has 11 rings (SSSR count). The Morgan fingerprint density at radius 1 is 0.411 bits per heavy atom. The van der Waals surface area contributed by atoms with Gasteiger partial charge in [0.2, 0.25) is 0 Å². The number of nitrogens with zero attached hydrogens (tertiary/aromatic N) is 6. The lowest BCUT2D eigenvalue weighted by atomic mass is 9.81. The summed E-state index contributed by atoms with van der Waals surface area (Å²) in [4.78, 5) is 30.5. The monoisotopic (exact) mass is 718 g/mol. The molecule has 6 heteroatoms. The molecule has 0 radical (unpaired) electrons. The molecule has 0 amide bonds. The highest BCUT2D eigenvalue weighted by Crippen LogP contribution is 2.49. The van der Waals surface area contributed by atoms with Crippen molar-refractivity contribution < 1.29 is 0 Å². The van der Waals surface area contributed by atoms with Gasteiger partial charge in [-0.3, -0.25) is 9.98 Å². The van der Waals surface area contributed by atoms with Gasteiger partial charge in [0, 0.05) is 43.8 Å². The van der Waals surface area contributed by atoms with Crippen molar-refractivity contribution in [2.75, 3.05) is 6.67 Å². The van der Waals surface area contributed by atoms with Gasteiger partial charge in [0.15, 0.2) is 17.5 Å². The van der Waals surface area contributed by atoms with Crippen LogP contribution in [0.25, 0.3) is 89.4 Å². The molecular weight excluding hydrogens is 685 g/mol. The van der Waals surface area contributed by atoms with Crippen molar-refractivity contribution in [1.29, 1.82) is 0 Å². The summed E-state index contributed by atoms with van der Waals surface area (Å²) in [6.07, 6.45) is 0. The molecule has 0 atom stereocenters. The molecule has 2 aromatic heterocycles. The Labute approximate surface area is 323 Å². The maximum Gasteiger partial charge on any atom is 0.166 e. The van der Waals surface area contributed by atoms with Crippen molar-refractivity contribution in [3.05, 3.63) is 180 Å². The van der Waals surface area contributed by atoms with E-state index in [2.05, 4.69) is 117 Å². The SMILES string of the molecule is CC1(C)c2ccccc2-c2ccc(-c3ccc(-c4nc(-c5ccccc5)nc(-c5cc6c(-c7ccccc7)nc7ccccc7c6c6c5=NCN=6)n4)cc3)cc21. The van der Waals surface area contributed by atoms with Crippen LogP contribution in [0.3, 0.4) is 0 Å². The van der Waals surface area contributed by atoms with Crippen LogP contribution in [0, 0.1) is 0 Å². The van der Waals surface area contributed by atoms with E-state index in [0.29, 0.717) is 24.1 Å². The van der Waals surface area contributed by atoms with Gasteiger partial charge in [0.25, 0.3) is 0 Å². The number of fused-ring (bicyclic) bond motifs is 8. The lowest BCUT2D eigenvalue weighted by Crippen LogP contribution is -2.26. The molecule has 0 saturated carbocycles. The highest BCUT2D eigenvalue weighted by atomic mass is 15.0. The van der Waals surface area contributed by atoms with Gasteiger partial charge in [-0.25, -0.2) is 19.9 Å². The Balaban J connectivity index is 1.08. The largest absolute Gasteiger partial charge is 0.259 e. The van der Waals surface area contributed by atoms with Crippen molar-refractivity contribution >= 4 is 21.7 Å². The number of rotatable bonds is 5. The van der Waals surface area contributed by atoms with Crippen molar-refractivity contribution in [1.82, 2.24) is 19.9 Å². The van der Waals surface area contributed by atoms with Crippen molar-refractivity contribution in [2.24, 2.45) is 9.98 Å². The number of benzene rings is 7. The molecule has 1 aliphatic heterocycles. The zero-order valence-electron chi connectivity index (χ0n) is 30.9. The van der Waals surface area contributed by atoms with Crippen LogP contribution in [-0.4, -0.2) is 26.6 Å². The van der Waals surface area contributed by atoms with E-state index in [4.69, 9.17) is 29.9 Å². The maximum atomic E-state index is 5.21. The van der Waals surface area contributed by atoms with Crippen LogP contribution in [0.1, 0.15) is 25.0 Å². The third-order valence-electron chi connectivity index (χ3n) is 11.4. The first-order valence-corrected chi connectivity index (χ1v) is 19.0. The Bertz CT molecular complexity index is 3170. The number of para-hydroxylation sites is 1. The summed E-state index contributed by atoms with van der Waals surface area (Å²) < 4.78 is 0. The van der Waals surface area contributed by atoms with E-state index in [1.165, 1.54) is 27.8 Å². The first-order valence-electron chi connectivity index (χ1n) is 19.0. The molecule has 0 bridgehead atoms. The third-order valence-corrected chi connectivity index (χ3v) is 11.4. The van der Waals surface area contributed by atoms with Crippen LogP contribution >= 0.6 is 0 Å². The van der Waals surface area contributed by atoms with E-state index in [1.54, 1.807) is 0 Å². The van der Waals surface area contributed by atoms with Crippen LogP contribution in [-0.2, 0) is 5.41 Å². The number of aromatic nitrogens is 4. The van der Waals surface area contributed by atoms with Crippen LogP contribution in [0.15, 0.2) is 168 Å². The lowest BCUT2D eigenvalue weighted by Gasteiger charge is -2.22. The average molecular weight is 719 g/mol. The van der Waals surface area contributed by atoms with Crippen LogP contribution in [0.4, 0.5) is 0 Å². The Hall–Kier alpha value is -7.18. The quantitative estimate of drug-likeness (QED) is 0.166. The summed E-state index contributed by atoms with van der Waals surface area (Å²) in [5.41, 5.74) is 13.1. The Kier molecular flexibility index (Phi) is 7.16. The topological polar surface area (TPSA) is 76.3 Å². The van der Waals surface area contributed by atoms with E-state index in [-0.39, 0.29) is 5.41 Å². The van der Waals surface area contributed by atoms with E-state index in [1.807, 2.05) is 54.6 Å². The minimum atomic E-state index is -0.0650. The average Bonchev–Trinajstić information content (AvgIpc) is 3.84. The normalized spacial score (nSPS) is 13.5. The van der Waals surface area contributed by atoms with Gasteiger partial charge >= 0.3 is 0 Å². The number of hydrogen-bond acceptors (Lipinski definition) is 6. The molecule has 0 fully saturated rings. The molecule has 9 aromatic rings. The molecule has 0 spiro atoms. The first-order chi connectivity index (χ1) is 27.5. The van der Waals surface area contributed by atoms with Crippen molar-refractivity contribution in [3.8, 4) is 67.7 Å². The maximum absolute atomic E-state index is 5.21. The van der Waals surface area contributed by atoms with E-state index < -0.39 is 0 Å². The summed E-state index contributed by atoms with van der Waals surface area (Å²) in [7, 11) is 0. The second kappa shape index (κ2) is 12.4. The van der Waals surface area contributed by atoms with Crippen LogP contribution in [0.5, 0.6) is 0 Å². The molecule has 7 aromatic carbocycles. The fourth-order valence-electron chi connectivity index (χ4n) is 8.60. The van der Waals surface area contributed by atoms with Gasteiger partial charge in [0.1, 0.15) is 6.67 Å². The predicted molar refractivity (Wildman–Crippen MR) is 225 cm³/mol. The second-order valence-electron chi connectivity index (χ2n) is 15.0. The number of pyridine rings is 1. The third kappa shape index (κ3) is 5.03. The fraction of sp³-hybridized carbons (Fsp3) is 0.0800. The Morgan fingerprint density at radius 2 is 1.00 bits per heavy atom. The fourth-order valence-corrected chi connectivity index (χ4v) is 8.60. The standard InChI is InChI=1S/C50H34N6/c1-50(2)40-19-11-9-17-35(40)36-26-25-34(27-41(36)50)30-21-23-33(24-22-30)48-54-47(32-15-7-4-8-16-32)55-49(56-48)39-28-38-43(46-45(39)51-29-52-46)37-18-10-12-20-42(37)53-44(38)31-13-5-3-6-14-31/h3-28H,29H2,1-2H3. The molecule has 6 nitrogen and oxygen atoms in total. The summed E-state index contributed by atoms with van der Waals surface area (Å²) in [6.45, 7) is 4.98. The van der Waals surface area contributed by atoms with Gasteiger partial charge in [-0.05, 0) is 51.6 Å². The van der Waals surface area contributed by atoms with Crippen LogP contribution < -0.4 is 10.7 Å². The first kappa shape index (κ1) is 32.3. The van der Waals surface area contributed by atoms with Crippen molar-refractivity contribution in [2.45, 2.75) is 19.3 Å². The molecule has 56 heavy (non-hydrogen) atoms. The molecule has 2 aliphatic rings. The highest BCUT2D eigenvalue weighted by Gasteiger charge is 2.35. The summed E-state index contributed by atoms with van der Waals surface area (Å²) in [5, 5.41) is 4.71. The van der Waals surface area contributed by atoms with Gasteiger partial charge in [-0.1, -0.05) is 153 Å². The molecule has 0 saturated heterocycles. The van der Waals surface area contributed by atoms with Crippen LogP contribution in [0.2, 0.25) is 0 Å². The minimum absolute atomic E-state index is 0.0650. The van der Waals surface area contributed by atoms with Gasteiger partial charge in [-0.15, -0.1) is 0 Å². The van der Waals surface area contributed by atoms with E-state index >= 15 is 0 Å². The molecule has 3 heterocycles. The smallest absolute Gasteiger partial charge is 0.166 e. The van der Waals surface area contributed by atoms with Gasteiger partial charge in [-0.2, -0.15) is 0 Å². The molecule has 1 aliphatic carbocycles. The predicted octanol–water partition coefficient (Wildman–Crippen LogP) is 10.4. The summed E-state index contributed by atoms with van der Waals surface area (Å²) in [5.74, 6) is 1.73. The van der Waals surface area contributed by atoms with E-state index in [0.717, 1.165) is 65.9 Å². The molecular formula is C50H34N6. The highest BCUT2D eigenvalue weighted by molar-refractivity contribution is 6.11. The zero-order chi connectivity index (χ0) is 37.4. The van der Waals surface area contributed by atoms with E-state index in [9.17, 15) is 0 Å². The Morgan fingerprint density at radius 3 is 1.79 bits per heavy atom. The minimum Gasteiger partial charge on any atom is -0.259 e. The molecule has 0 unspecified atom stereocenters.